The largest absolute Gasteiger partial charge is 0.493 e. The summed E-state index contributed by atoms with van der Waals surface area (Å²) in [5.74, 6) is -0.385. The molecule has 0 aromatic heterocycles. The maximum Gasteiger partial charge on any atom is 0.133 e. The van der Waals surface area contributed by atoms with Gasteiger partial charge in [-0.1, -0.05) is 6.07 Å². The lowest BCUT2D eigenvalue weighted by Crippen LogP contribution is -2.01. The molecular weight excluding hydrogens is 286 g/mol. The molecule has 0 heterocycles. The van der Waals surface area contributed by atoms with Gasteiger partial charge in [0.2, 0.25) is 0 Å². The number of hydrogen-bond acceptors (Lipinski definition) is 2. The van der Waals surface area contributed by atoms with Crippen LogP contribution < -0.4 is 4.74 Å². The van der Waals surface area contributed by atoms with E-state index < -0.39 is 11.6 Å². The first kappa shape index (κ1) is 15.0. The highest BCUT2D eigenvalue weighted by Crippen LogP contribution is 2.47. The molecule has 0 radical (unpaired) electrons. The number of rotatable bonds is 5. The fraction of sp³-hybridized carbons (Fsp3) is 0.333. The number of ether oxygens (including phenoxy) is 1. The monoisotopic (exact) mass is 304 g/mol. The summed E-state index contributed by atoms with van der Waals surface area (Å²) in [5, 5.41) is 9.51. The molecule has 0 spiro atoms. The van der Waals surface area contributed by atoms with Crippen LogP contribution in [0.15, 0.2) is 30.3 Å². The Labute approximate surface area is 128 Å². The van der Waals surface area contributed by atoms with Crippen LogP contribution >= 0.6 is 0 Å². The van der Waals surface area contributed by atoms with Crippen molar-refractivity contribution in [3.05, 3.63) is 53.1 Å². The molecule has 22 heavy (non-hydrogen) atoms. The van der Waals surface area contributed by atoms with Gasteiger partial charge in [0.05, 0.1) is 18.8 Å². The topological polar surface area (TPSA) is 29.5 Å². The summed E-state index contributed by atoms with van der Waals surface area (Å²) < 4.78 is 33.9. The van der Waals surface area contributed by atoms with Crippen LogP contribution in [0.1, 0.15) is 36.8 Å². The van der Waals surface area contributed by atoms with Crippen LogP contribution in [-0.4, -0.2) is 11.7 Å². The summed E-state index contributed by atoms with van der Waals surface area (Å²) in [6.45, 7) is 2.10. The summed E-state index contributed by atoms with van der Waals surface area (Å²) in [7, 11) is 0. The maximum atomic E-state index is 14.2. The second kappa shape index (κ2) is 6.05. The normalized spacial score (nSPS) is 14.2. The first-order valence-electron chi connectivity index (χ1n) is 7.50. The van der Waals surface area contributed by atoms with E-state index in [9.17, 15) is 13.9 Å². The third-order valence-electron chi connectivity index (χ3n) is 3.95. The zero-order valence-corrected chi connectivity index (χ0v) is 12.4. The molecule has 4 heteroatoms. The van der Waals surface area contributed by atoms with E-state index in [1.165, 1.54) is 18.2 Å². The molecule has 0 bridgehead atoms. The van der Waals surface area contributed by atoms with Gasteiger partial charge in [-0.15, -0.1) is 0 Å². The van der Waals surface area contributed by atoms with Crippen LogP contribution in [0, 0.1) is 11.6 Å². The minimum atomic E-state index is -0.582. The lowest BCUT2D eigenvalue weighted by atomic mass is 9.93. The van der Waals surface area contributed by atoms with E-state index >= 15 is 0 Å². The lowest BCUT2D eigenvalue weighted by molar-refractivity contribution is 0.267. The van der Waals surface area contributed by atoms with Gasteiger partial charge < -0.3 is 9.84 Å². The third kappa shape index (κ3) is 2.71. The molecule has 1 N–H and O–H groups in total. The number of aliphatic hydroxyl groups excluding tert-OH is 1. The molecule has 2 nitrogen and oxygen atoms in total. The molecule has 0 aliphatic heterocycles. The Kier molecular flexibility index (Phi) is 4.12. The second-order valence-electron chi connectivity index (χ2n) is 5.51. The first-order valence-corrected chi connectivity index (χ1v) is 7.50. The summed E-state index contributed by atoms with van der Waals surface area (Å²) in [4.78, 5) is 0. The Bertz CT molecular complexity index is 673. The van der Waals surface area contributed by atoms with Gasteiger partial charge in [-0.05, 0) is 61.1 Å². The SMILES string of the molecule is CCOc1cc(-c2c(F)cccc2F)c(C2CC2)cc1CO. The van der Waals surface area contributed by atoms with E-state index in [1.54, 1.807) is 6.07 Å². The number of aliphatic hydroxyl groups is 1. The Morgan fingerprint density at radius 2 is 1.86 bits per heavy atom. The van der Waals surface area contributed by atoms with Gasteiger partial charge in [0.15, 0.2) is 0 Å². The van der Waals surface area contributed by atoms with E-state index in [-0.39, 0.29) is 12.2 Å². The van der Waals surface area contributed by atoms with Crippen molar-refractivity contribution < 1.29 is 18.6 Å². The molecule has 3 rings (SSSR count). The van der Waals surface area contributed by atoms with Crippen molar-refractivity contribution >= 4 is 0 Å². The van der Waals surface area contributed by atoms with E-state index in [1.807, 2.05) is 13.0 Å². The van der Waals surface area contributed by atoms with Crippen molar-refractivity contribution in [3.63, 3.8) is 0 Å². The quantitative estimate of drug-likeness (QED) is 0.887. The summed E-state index contributed by atoms with van der Waals surface area (Å²) >= 11 is 0. The zero-order valence-electron chi connectivity index (χ0n) is 12.4. The standard InChI is InChI=1S/C18H18F2O2/c1-2-22-17-9-14(18-15(19)4-3-5-16(18)20)13(11-6-7-11)8-12(17)10-21/h3-5,8-9,11,21H,2,6-7,10H2,1H3. The second-order valence-corrected chi connectivity index (χ2v) is 5.51. The minimum Gasteiger partial charge on any atom is -0.493 e. The molecule has 1 aliphatic rings. The molecular formula is C18H18F2O2. The van der Waals surface area contributed by atoms with Gasteiger partial charge in [-0.2, -0.15) is 0 Å². The Hall–Kier alpha value is -1.94. The highest BCUT2D eigenvalue weighted by molar-refractivity contribution is 5.72. The lowest BCUT2D eigenvalue weighted by Gasteiger charge is -2.16. The predicted octanol–water partition coefficient (Wildman–Crippen LogP) is 4.40. The fourth-order valence-corrected chi connectivity index (χ4v) is 2.76. The van der Waals surface area contributed by atoms with E-state index in [2.05, 4.69) is 0 Å². The van der Waals surface area contributed by atoms with Crippen molar-refractivity contribution in [1.29, 1.82) is 0 Å². The summed E-state index contributed by atoms with van der Waals surface area (Å²) in [6, 6.07) is 7.36. The third-order valence-corrected chi connectivity index (χ3v) is 3.95. The Balaban J connectivity index is 2.22. The molecule has 1 fully saturated rings. The average Bonchev–Trinajstić information content (AvgIpc) is 3.32. The Morgan fingerprint density at radius 3 is 2.41 bits per heavy atom. The molecule has 2 aromatic rings. The van der Waals surface area contributed by atoms with Crippen LogP contribution in [-0.2, 0) is 6.61 Å². The van der Waals surface area contributed by atoms with Crippen LogP contribution in [0.4, 0.5) is 8.78 Å². The smallest absolute Gasteiger partial charge is 0.133 e. The number of hydrogen-bond donors (Lipinski definition) is 1. The molecule has 1 saturated carbocycles. The van der Waals surface area contributed by atoms with Gasteiger partial charge >= 0.3 is 0 Å². The van der Waals surface area contributed by atoms with Crippen molar-refractivity contribution in [3.8, 4) is 16.9 Å². The molecule has 116 valence electrons. The molecule has 0 amide bonds. The van der Waals surface area contributed by atoms with E-state index in [0.29, 0.717) is 29.4 Å². The highest BCUT2D eigenvalue weighted by atomic mass is 19.1. The summed E-state index contributed by atoms with van der Waals surface area (Å²) in [6.07, 6.45) is 2.00. The van der Waals surface area contributed by atoms with Gasteiger partial charge in [-0.25, -0.2) is 8.78 Å². The van der Waals surface area contributed by atoms with Crippen molar-refractivity contribution in [2.75, 3.05) is 6.61 Å². The van der Waals surface area contributed by atoms with Crippen LogP contribution in [0.3, 0.4) is 0 Å². The minimum absolute atomic E-state index is 0.0187. The number of benzene rings is 2. The van der Waals surface area contributed by atoms with Gasteiger partial charge in [0, 0.05) is 5.56 Å². The molecule has 0 unspecified atom stereocenters. The molecule has 1 aliphatic carbocycles. The van der Waals surface area contributed by atoms with E-state index in [4.69, 9.17) is 4.74 Å². The van der Waals surface area contributed by atoms with Crippen LogP contribution in [0.5, 0.6) is 5.75 Å². The maximum absolute atomic E-state index is 14.2. The highest BCUT2D eigenvalue weighted by Gasteiger charge is 2.29. The summed E-state index contributed by atoms with van der Waals surface area (Å²) in [5.41, 5.74) is 2.05. The molecule has 2 aromatic carbocycles. The number of halogens is 2. The Morgan fingerprint density at radius 1 is 1.18 bits per heavy atom. The van der Waals surface area contributed by atoms with Gasteiger partial charge in [0.25, 0.3) is 0 Å². The predicted molar refractivity (Wildman–Crippen MR) is 80.9 cm³/mol. The van der Waals surface area contributed by atoms with Crippen molar-refractivity contribution in [2.45, 2.75) is 32.3 Å². The van der Waals surface area contributed by atoms with Gasteiger partial charge in [0.1, 0.15) is 17.4 Å². The fourth-order valence-electron chi connectivity index (χ4n) is 2.76. The molecule has 0 saturated heterocycles. The first-order chi connectivity index (χ1) is 10.7. The van der Waals surface area contributed by atoms with Crippen molar-refractivity contribution in [1.82, 2.24) is 0 Å². The van der Waals surface area contributed by atoms with Gasteiger partial charge in [-0.3, -0.25) is 0 Å². The molecule has 0 atom stereocenters. The van der Waals surface area contributed by atoms with E-state index in [0.717, 1.165) is 18.4 Å². The van der Waals surface area contributed by atoms with Crippen molar-refractivity contribution in [2.24, 2.45) is 0 Å². The van der Waals surface area contributed by atoms with Crippen LogP contribution in [0.2, 0.25) is 0 Å². The average molecular weight is 304 g/mol. The van der Waals surface area contributed by atoms with Crippen LogP contribution in [0.25, 0.3) is 11.1 Å². The zero-order chi connectivity index (χ0) is 15.7.